The van der Waals surface area contributed by atoms with Crippen molar-refractivity contribution < 1.29 is 13.2 Å². The summed E-state index contributed by atoms with van der Waals surface area (Å²) < 4.78 is 27.3. The predicted molar refractivity (Wildman–Crippen MR) is 125 cm³/mol. The van der Waals surface area contributed by atoms with Crippen molar-refractivity contribution in [3.8, 4) is 0 Å². The maximum Gasteiger partial charge on any atom is 0.267 e. The number of nitrogens with one attached hydrogen (secondary N) is 2. The van der Waals surface area contributed by atoms with Crippen molar-refractivity contribution in [2.45, 2.75) is 43.9 Å². The van der Waals surface area contributed by atoms with E-state index in [1.807, 2.05) is 31.2 Å². The lowest BCUT2D eigenvalue weighted by Crippen LogP contribution is -2.38. The quantitative estimate of drug-likeness (QED) is 0.505. The molecule has 0 bridgehead atoms. The summed E-state index contributed by atoms with van der Waals surface area (Å²) in [6.45, 7) is 3.74. The molecule has 0 radical (unpaired) electrons. The van der Waals surface area contributed by atoms with Crippen LogP contribution in [0.1, 0.15) is 48.2 Å². The molecule has 7 nitrogen and oxygen atoms in total. The lowest BCUT2D eigenvalue weighted by Gasteiger charge is -2.31. The number of carbonyl (C=O) groups is 1. The van der Waals surface area contributed by atoms with Gasteiger partial charge in [-0.1, -0.05) is 30.5 Å². The Labute approximate surface area is 189 Å². The first-order valence-corrected chi connectivity index (χ1v) is 12.7. The van der Waals surface area contributed by atoms with Gasteiger partial charge in [-0.2, -0.15) is 4.31 Å². The standard InChI is InChI=1S/C24H30N4O3S/c1-18-5-7-21(8-6-18)32(30,31)28-14-10-19(11-15-28)4-2-3-12-26-24(29)23-16-20-17-25-13-9-22(20)27-23/h5-9,13,16-17,19,27H,2-4,10-12,14-15H2,1H3,(H,26,29). The van der Waals surface area contributed by atoms with E-state index in [1.165, 1.54) is 0 Å². The monoisotopic (exact) mass is 454 g/mol. The van der Waals surface area contributed by atoms with Gasteiger partial charge in [0, 0.05) is 42.9 Å². The number of pyridine rings is 1. The number of aromatic nitrogens is 2. The molecule has 0 aliphatic carbocycles. The van der Waals surface area contributed by atoms with E-state index in [0.29, 0.717) is 36.1 Å². The number of aryl methyl sites for hydroxylation is 1. The van der Waals surface area contributed by atoms with Crippen molar-refractivity contribution >= 4 is 26.8 Å². The molecule has 0 unspecified atom stereocenters. The lowest BCUT2D eigenvalue weighted by atomic mass is 9.92. The van der Waals surface area contributed by atoms with Crippen LogP contribution in [0.2, 0.25) is 0 Å². The number of nitrogens with zero attached hydrogens (tertiary/aromatic N) is 2. The van der Waals surface area contributed by atoms with Crippen molar-refractivity contribution in [2.24, 2.45) is 5.92 Å². The van der Waals surface area contributed by atoms with Gasteiger partial charge in [-0.05, 0) is 56.4 Å². The molecule has 1 aliphatic heterocycles. The number of H-pyrrole nitrogens is 1. The molecule has 2 aromatic heterocycles. The van der Waals surface area contributed by atoms with Gasteiger partial charge >= 0.3 is 0 Å². The number of fused-ring (bicyclic) bond motifs is 1. The molecule has 1 saturated heterocycles. The molecule has 1 aliphatic rings. The zero-order valence-corrected chi connectivity index (χ0v) is 19.2. The summed E-state index contributed by atoms with van der Waals surface area (Å²) in [7, 11) is -3.40. The van der Waals surface area contributed by atoms with Gasteiger partial charge < -0.3 is 10.3 Å². The molecule has 0 spiro atoms. The minimum Gasteiger partial charge on any atom is -0.351 e. The van der Waals surface area contributed by atoms with E-state index in [1.54, 1.807) is 28.8 Å². The number of piperidine rings is 1. The topological polar surface area (TPSA) is 95.2 Å². The Balaban J connectivity index is 1.16. The predicted octanol–water partition coefficient (Wildman–Crippen LogP) is 3.87. The van der Waals surface area contributed by atoms with Crippen LogP contribution in [0.15, 0.2) is 53.7 Å². The first-order chi connectivity index (χ1) is 15.4. The maximum absolute atomic E-state index is 12.8. The van der Waals surface area contributed by atoms with Gasteiger partial charge in [0.2, 0.25) is 10.0 Å². The third kappa shape index (κ3) is 5.19. The third-order valence-corrected chi connectivity index (χ3v) is 8.14. The van der Waals surface area contributed by atoms with Crippen LogP contribution < -0.4 is 5.32 Å². The van der Waals surface area contributed by atoms with Crippen LogP contribution >= 0.6 is 0 Å². The van der Waals surface area contributed by atoms with E-state index < -0.39 is 10.0 Å². The smallest absolute Gasteiger partial charge is 0.267 e. The summed E-state index contributed by atoms with van der Waals surface area (Å²) in [5.41, 5.74) is 2.51. The maximum atomic E-state index is 12.8. The summed E-state index contributed by atoms with van der Waals surface area (Å²) in [6, 6.07) is 10.7. The number of carbonyl (C=O) groups excluding carboxylic acids is 1. The van der Waals surface area contributed by atoms with Crippen LogP contribution in [0.25, 0.3) is 10.9 Å². The highest BCUT2D eigenvalue weighted by Gasteiger charge is 2.29. The van der Waals surface area contributed by atoms with Gasteiger partial charge in [0.1, 0.15) is 5.69 Å². The van der Waals surface area contributed by atoms with Crippen molar-refractivity contribution in [2.75, 3.05) is 19.6 Å². The Hall–Kier alpha value is -2.71. The number of sulfonamides is 1. The minimum atomic E-state index is -3.40. The summed E-state index contributed by atoms with van der Waals surface area (Å²) in [5, 5.41) is 3.89. The number of unbranched alkanes of at least 4 members (excludes halogenated alkanes) is 1. The largest absolute Gasteiger partial charge is 0.351 e. The van der Waals surface area contributed by atoms with E-state index in [4.69, 9.17) is 0 Å². The molecular weight excluding hydrogens is 424 g/mol. The SMILES string of the molecule is Cc1ccc(S(=O)(=O)N2CCC(CCCCNC(=O)c3cc4cnccc4[nH]3)CC2)cc1. The highest BCUT2D eigenvalue weighted by Crippen LogP contribution is 2.27. The van der Waals surface area contributed by atoms with E-state index in [2.05, 4.69) is 15.3 Å². The fourth-order valence-corrected chi connectivity index (χ4v) is 5.72. The van der Waals surface area contributed by atoms with E-state index in [9.17, 15) is 13.2 Å². The van der Waals surface area contributed by atoms with E-state index in [-0.39, 0.29) is 5.91 Å². The van der Waals surface area contributed by atoms with Crippen molar-refractivity contribution in [1.82, 2.24) is 19.6 Å². The van der Waals surface area contributed by atoms with Crippen LogP contribution in [0.3, 0.4) is 0 Å². The van der Waals surface area contributed by atoms with Crippen LogP contribution in [0.5, 0.6) is 0 Å². The van der Waals surface area contributed by atoms with Crippen LogP contribution in [-0.4, -0.2) is 48.2 Å². The molecule has 4 rings (SSSR count). The van der Waals surface area contributed by atoms with Gasteiger partial charge in [0.15, 0.2) is 0 Å². The van der Waals surface area contributed by atoms with Gasteiger partial charge in [0.25, 0.3) is 5.91 Å². The zero-order valence-electron chi connectivity index (χ0n) is 18.4. The Morgan fingerprint density at radius 2 is 1.91 bits per heavy atom. The average molecular weight is 455 g/mol. The third-order valence-electron chi connectivity index (χ3n) is 6.22. The first-order valence-electron chi connectivity index (χ1n) is 11.2. The molecule has 2 N–H and O–H groups in total. The molecule has 0 saturated carbocycles. The second kappa shape index (κ2) is 9.83. The summed E-state index contributed by atoms with van der Waals surface area (Å²) in [5.74, 6) is 0.437. The molecule has 1 aromatic carbocycles. The Bertz CT molecular complexity index is 1130. The van der Waals surface area contributed by atoms with E-state index in [0.717, 1.165) is 48.6 Å². The molecule has 3 heterocycles. The second-order valence-electron chi connectivity index (χ2n) is 8.56. The van der Waals surface area contributed by atoms with Crippen molar-refractivity contribution in [3.05, 3.63) is 60.0 Å². The molecule has 0 atom stereocenters. The number of aromatic amines is 1. The zero-order chi connectivity index (χ0) is 22.6. The average Bonchev–Trinajstić information content (AvgIpc) is 3.24. The highest BCUT2D eigenvalue weighted by molar-refractivity contribution is 7.89. The van der Waals surface area contributed by atoms with Crippen LogP contribution in [0.4, 0.5) is 0 Å². The van der Waals surface area contributed by atoms with Crippen molar-refractivity contribution in [3.63, 3.8) is 0 Å². The molecule has 8 heteroatoms. The number of hydrogen-bond donors (Lipinski definition) is 2. The lowest BCUT2D eigenvalue weighted by molar-refractivity contribution is 0.0948. The fourth-order valence-electron chi connectivity index (χ4n) is 4.25. The van der Waals surface area contributed by atoms with Gasteiger partial charge in [0.05, 0.1) is 4.90 Å². The number of rotatable bonds is 8. The summed E-state index contributed by atoms with van der Waals surface area (Å²) in [6.07, 6.45) is 8.21. The molecule has 170 valence electrons. The van der Waals surface area contributed by atoms with Crippen LogP contribution in [0, 0.1) is 12.8 Å². The van der Waals surface area contributed by atoms with Gasteiger partial charge in [-0.15, -0.1) is 0 Å². The normalized spacial score (nSPS) is 15.8. The molecule has 3 aromatic rings. The number of benzene rings is 1. The highest BCUT2D eigenvalue weighted by atomic mass is 32.2. The fraction of sp³-hybridized carbons (Fsp3) is 0.417. The molecule has 1 amide bonds. The first kappa shape index (κ1) is 22.5. The Kier molecular flexibility index (Phi) is 6.91. The van der Waals surface area contributed by atoms with E-state index >= 15 is 0 Å². The molecular formula is C24H30N4O3S. The number of hydrogen-bond acceptors (Lipinski definition) is 4. The van der Waals surface area contributed by atoms with Crippen LogP contribution in [-0.2, 0) is 10.0 Å². The van der Waals surface area contributed by atoms with Gasteiger partial charge in [-0.25, -0.2) is 8.42 Å². The summed E-state index contributed by atoms with van der Waals surface area (Å²) >= 11 is 0. The van der Waals surface area contributed by atoms with Crippen molar-refractivity contribution in [1.29, 1.82) is 0 Å². The Morgan fingerprint density at radius 1 is 1.16 bits per heavy atom. The molecule has 32 heavy (non-hydrogen) atoms. The molecule has 1 fully saturated rings. The summed E-state index contributed by atoms with van der Waals surface area (Å²) in [4.78, 5) is 19.9. The minimum absolute atomic E-state index is 0.101. The number of amides is 1. The second-order valence-corrected chi connectivity index (χ2v) is 10.5. The van der Waals surface area contributed by atoms with Gasteiger partial charge in [-0.3, -0.25) is 9.78 Å². The Morgan fingerprint density at radius 3 is 2.62 bits per heavy atom.